The zero-order chi connectivity index (χ0) is 14.1. The Morgan fingerprint density at radius 2 is 1.57 bits per heavy atom. The molecule has 0 bridgehead atoms. The van der Waals surface area contributed by atoms with Gasteiger partial charge >= 0.3 is 0 Å². The SMILES string of the molecule is C(=Cn1nc2ccc3ccccc3c2n1)c1ccccc1. The number of hydrogen-bond donors (Lipinski definition) is 0. The van der Waals surface area contributed by atoms with Crippen LogP contribution in [0.5, 0.6) is 0 Å². The van der Waals surface area contributed by atoms with E-state index in [0.29, 0.717) is 0 Å². The van der Waals surface area contributed by atoms with E-state index in [1.165, 1.54) is 5.39 Å². The van der Waals surface area contributed by atoms with Crippen molar-refractivity contribution in [3.05, 3.63) is 72.3 Å². The molecular weight excluding hydrogens is 258 g/mol. The minimum Gasteiger partial charge on any atom is -0.158 e. The quantitative estimate of drug-likeness (QED) is 0.546. The first-order valence-electron chi connectivity index (χ1n) is 6.88. The second-order valence-corrected chi connectivity index (χ2v) is 4.90. The van der Waals surface area contributed by atoms with Crippen molar-refractivity contribution >= 4 is 34.1 Å². The fourth-order valence-electron chi connectivity index (χ4n) is 2.45. The van der Waals surface area contributed by atoms with Crippen LogP contribution in [0, 0.1) is 0 Å². The molecule has 3 nitrogen and oxygen atoms in total. The highest BCUT2D eigenvalue weighted by molar-refractivity contribution is 6.03. The average Bonchev–Trinajstić information content (AvgIpc) is 2.97. The highest BCUT2D eigenvalue weighted by Gasteiger charge is 2.05. The van der Waals surface area contributed by atoms with Crippen LogP contribution in [-0.4, -0.2) is 15.0 Å². The fraction of sp³-hybridized carbons (Fsp3) is 0. The number of nitrogens with zero attached hydrogens (tertiary/aromatic N) is 3. The van der Waals surface area contributed by atoms with Gasteiger partial charge in [0.25, 0.3) is 0 Å². The molecule has 100 valence electrons. The van der Waals surface area contributed by atoms with E-state index in [0.717, 1.165) is 22.0 Å². The summed E-state index contributed by atoms with van der Waals surface area (Å²) in [4.78, 5) is 1.63. The minimum atomic E-state index is 0.909. The molecule has 4 aromatic rings. The van der Waals surface area contributed by atoms with Gasteiger partial charge in [-0.05, 0) is 23.1 Å². The van der Waals surface area contributed by atoms with Gasteiger partial charge in [0.15, 0.2) is 0 Å². The highest BCUT2D eigenvalue weighted by atomic mass is 15.5. The molecule has 0 atom stereocenters. The van der Waals surface area contributed by atoms with Crippen molar-refractivity contribution in [1.29, 1.82) is 0 Å². The first-order chi connectivity index (χ1) is 10.4. The van der Waals surface area contributed by atoms with Crippen LogP contribution >= 0.6 is 0 Å². The van der Waals surface area contributed by atoms with Crippen LogP contribution in [0.4, 0.5) is 0 Å². The molecule has 0 aliphatic heterocycles. The topological polar surface area (TPSA) is 30.7 Å². The van der Waals surface area contributed by atoms with Crippen LogP contribution in [0.2, 0.25) is 0 Å². The van der Waals surface area contributed by atoms with E-state index in [1.807, 2.05) is 48.7 Å². The van der Waals surface area contributed by atoms with Gasteiger partial charge in [-0.3, -0.25) is 0 Å². The van der Waals surface area contributed by atoms with Crippen LogP contribution in [0.25, 0.3) is 34.1 Å². The van der Waals surface area contributed by atoms with Crippen molar-refractivity contribution in [2.45, 2.75) is 0 Å². The molecule has 0 aliphatic rings. The van der Waals surface area contributed by atoms with Crippen molar-refractivity contribution in [3.63, 3.8) is 0 Å². The lowest BCUT2D eigenvalue weighted by Crippen LogP contribution is -1.90. The molecule has 0 radical (unpaired) electrons. The Labute approximate surface area is 122 Å². The van der Waals surface area contributed by atoms with Crippen LogP contribution in [0.1, 0.15) is 5.56 Å². The lowest BCUT2D eigenvalue weighted by atomic mass is 10.1. The Morgan fingerprint density at radius 1 is 0.762 bits per heavy atom. The van der Waals surface area contributed by atoms with Gasteiger partial charge in [-0.1, -0.05) is 60.7 Å². The molecule has 0 N–H and O–H groups in total. The Balaban J connectivity index is 1.80. The summed E-state index contributed by atoms with van der Waals surface area (Å²) in [5.74, 6) is 0. The van der Waals surface area contributed by atoms with E-state index in [-0.39, 0.29) is 0 Å². The summed E-state index contributed by atoms with van der Waals surface area (Å²) in [7, 11) is 0. The van der Waals surface area contributed by atoms with E-state index in [2.05, 4.69) is 40.5 Å². The third kappa shape index (κ3) is 2.19. The van der Waals surface area contributed by atoms with Crippen molar-refractivity contribution in [1.82, 2.24) is 15.0 Å². The molecule has 3 aromatic carbocycles. The maximum Gasteiger partial charge on any atom is 0.121 e. The van der Waals surface area contributed by atoms with E-state index in [1.54, 1.807) is 4.80 Å². The monoisotopic (exact) mass is 271 g/mol. The van der Waals surface area contributed by atoms with E-state index in [4.69, 9.17) is 0 Å². The summed E-state index contributed by atoms with van der Waals surface area (Å²) in [6.07, 6.45) is 3.88. The van der Waals surface area contributed by atoms with Gasteiger partial charge in [0.1, 0.15) is 11.0 Å². The second kappa shape index (κ2) is 4.87. The molecule has 0 saturated heterocycles. The Kier molecular flexibility index (Phi) is 2.75. The summed E-state index contributed by atoms with van der Waals surface area (Å²) in [5, 5.41) is 11.4. The van der Waals surface area contributed by atoms with Gasteiger partial charge in [0, 0.05) is 5.39 Å². The third-order valence-corrected chi connectivity index (χ3v) is 3.49. The highest BCUT2D eigenvalue weighted by Crippen LogP contribution is 2.22. The van der Waals surface area contributed by atoms with Crippen molar-refractivity contribution in [2.75, 3.05) is 0 Å². The smallest absolute Gasteiger partial charge is 0.121 e. The number of aromatic nitrogens is 3. The lowest BCUT2D eigenvalue weighted by Gasteiger charge is -1.95. The van der Waals surface area contributed by atoms with Crippen molar-refractivity contribution in [2.24, 2.45) is 0 Å². The van der Waals surface area contributed by atoms with Gasteiger partial charge < -0.3 is 0 Å². The molecule has 4 rings (SSSR count). The first-order valence-corrected chi connectivity index (χ1v) is 6.88. The summed E-state index contributed by atoms with van der Waals surface area (Å²) in [6, 6.07) is 22.5. The number of hydrogen-bond acceptors (Lipinski definition) is 2. The average molecular weight is 271 g/mol. The van der Waals surface area contributed by atoms with Crippen LogP contribution in [0.15, 0.2) is 66.7 Å². The molecule has 0 spiro atoms. The summed E-state index contributed by atoms with van der Waals surface area (Å²) >= 11 is 0. The predicted molar refractivity (Wildman–Crippen MR) is 86.7 cm³/mol. The Morgan fingerprint density at radius 3 is 2.48 bits per heavy atom. The predicted octanol–water partition coefficient (Wildman–Crippen LogP) is 4.21. The number of fused-ring (bicyclic) bond motifs is 3. The number of rotatable bonds is 2. The molecule has 3 heteroatoms. The summed E-state index contributed by atoms with van der Waals surface area (Å²) in [6.45, 7) is 0. The fourth-order valence-corrected chi connectivity index (χ4v) is 2.45. The molecule has 0 fully saturated rings. The minimum absolute atomic E-state index is 0.909. The molecule has 0 saturated carbocycles. The first kappa shape index (κ1) is 11.9. The molecule has 0 aliphatic carbocycles. The molecule has 0 unspecified atom stereocenters. The summed E-state index contributed by atoms with van der Waals surface area (Å²) < 4.78 is 0. The molecule has 0 amide bonds. The molecule has 21 heavy (non-hydrogen) atoms. The maximum atomic E-state index is 4.57. The van der Waals surface area contributed by atoms with Gasteiger partial charge in [-0.15, -0.1) is 10.2 Å². The molecule has 1 aromatic heterocycles. The second-order valence-electron chi connectivity index (χ2n) is 4.90. The largest absolute Gasteiger partial charge is 0.158 e. The normalized spacial score (nSPS) is 11.6. The van der Waals surface area contributed by atoms with E-state index < -0.39 is 0 Å². The zero-order valence-electron chi connectivity index (χ0n) is 11.3. The number of benzene rings is 3. The van der Waals surface area contributed by atoms with Crippen LogP contribution in [-0.2, 0) is 0 Å². The van der Waals surface area contributed by atoms with Gasteiger partial charge in [-0.25, -0.2) is 0 Å². The van der Waals surface area contributed by atoms with Gasteiger partial charge in [-0.2, -0.15) is 4.80 Å². The van der Waals surface area contributed by atoms with Crippen molar-refractivity contribution < 1.29 is 0 Å². The third-order valence-electron chi connectivity index (χ3n) is 3.49. The van der Waals surface area contributed by atoms with E-state index in [9.17, 15) is 0 Å². The lowest BCUT2D eigenvalue weighted by molar-refractivity contribution is 0.814. The molecular formula is C18H13N3. The van der Waals surface area contributed by atoms with Crippen LogP contribution < -0.4 is 0 Å². The standard InChI is InChI=1S/C18H13N3/c1-2-6-14(7-3-1)12-13-21-19-17-11-10-15-8-4-5-9-16(15)18(17)20-21/h1-13H. The van der Waals surface area contributed by atoms with Gasteiger partial charge in [0.2, 0.25) is 0 Å². The van der Waals surface area contributed by atoms with Crippen molar-refractivity contribution in [3.8, 4) is 0 Å². The van der Waals surface area contributed by atoms with Gasteiger partial charge in [0.05, 0.1) is 6.20 Å². The Hall–Kier alpha value is -2.94. The Bertz CT molecular complexity index is 936. The van der Waals surface area contributed by atoms with Crippen LogP contribution in [0.3, 0.4) is 0 Å². The maximum absolute atomic E-state index is 4.57. The molecule has 1 heterocycles. The zero-order valence-corrected chi connectivity index (χ0v) is 11.3. The summed E-state index contributed by atoms with van der Waals surface area (Å²) in [5.41, 5.74) is 2.97. The van der Waals surface area contributed by atoms with E-state index >= 15 is 0 Å².